The first kappa shape index (κ1) is 93.0. The second-order valence-corrected chi connectivity index (χ2v) is 30.4. The third kappa shape index (κ3) is 28.6. The first-order chi connectivity index (χ1) is 56.4. The third-order valence-corrected chi connectivity index (χ3v) is 21.0. The summed E-state index contributed by atoms with van der Waals surface area (Å²) in [4.78, 5) is 220. The zero-order chi connectivity index (χ0) is 86.1. The number of nitrogens with two attached hydrogens (primary N) is 3. The lowest BCUT2D eigenvalue weighted by Gasteiger charge is -2.29. The number of fused-ring (bicyclic) bond motifs is 3. The molecule has 4 aromatic carbocycles. The van der Waals surface area contributed by atoms with Crippen molar-refractivity contribution in [2.45, 2.75) is 185 Å². The van der Waals surface area contributed by atoms with Crippen molar-refractivity contribution < 1.29 is 82.1 Å². The molecule has 14 amide bonds. The van der Waals surface area contributed by atoms with Gasteiger partial charge in [0, 0.05) is 65.8 Å². The lowest BCUT2D eigenvalue weighted by Crippen LogP contribution is -2.61. The maximum atomic E-state index is 15.1. The van der Waals surface area contributed by atoms with Gasteiger partial charge in [0.15, 0.2) is 5.96 Å². The molecule has 0 saturated carbocycles. The molecule has 118 heavy (non-hydrogen) atoms. The summed E-state index contributed by atoms with van der Waals surface area (Å²) in [5, 5.41) is 67.7. The molecule has 1 fully saturated rings. The zero-order valence-electron chi connectivity index (χ0n) is 66.6. The summed E-state index contributed by atoms with van der Waals surface area (Å²) in [7, 11) is 0. The van der Waals surface area contributed by atoms with Crippen molar-refractivity contribution in [1.29, 1.82) is 5.41 Å². The van der Waals surface area contributed by atoms with Crippen LogP contribution in [0, 0.1) is 17.2 Å². The van der Waals surface area contributed by atoms with Crippen LogP contribution >= 0.6 is 11.8 Å². The molecule has 2 aromatic heterocycles. The van der Waals surface area contributed by atoms with E-state index in [1.807, 2.05) is 31.2 Å². The Balaban J connectivity index is 1.25. The maximum absolute atomic E-state index is 15.1. The first-order valence-corrected chi connectivity index (χ1v) is 40.5. The fourth-order valence-electron chi connectivity index (χ4n) is 13.2. The van der Waals surface area contributed by atoms with E-state index in [4.69, 9.17) is 22.6 Å². The van der Waals surface area contributed by atoms with Crippen molar-refractivity contribution in [3.8, 4) is 0 Å². The number of guanidine groups is 1. The van der Waals surface area contributed by atoms with Gasteiger partial charge in [0.1, 0.15) is 66.5 Å². The number of aliphatic carboxylic acids is 1. The van der Waals surface area contributed by atoms with E-state index < -0.39 is 205 Å². The Morgan fingerprint density at radius 2 is 0.983 bits per heavy atom. The summed E-state index contributed by atoms with van der Waals surface area (Å²) < 4.78 is 0. The summed E-state index contributed by atoms with van der Waals surface area (Å²) in [5.74, 6) is -17.6. The van der Waals surface area contributed by atoms with Crippen LogP contribution in [0.25, 0.3) is 32.6 Å². The Kier molecular flexibility index (Phi) is 36.7. The highest BCUT2D eigenvalue weighted by molar-refractivity contribution is 8.00. The van der Waals surface area contributed by atoms with Gasteiger partial charge in [-0.2, -0.15) is 0 Å². The van der Waals surface area contributed by atoms with Crippen molar-refractivity contribution >= 4 is 139 Å². The molecule has 1 aliphatic heterocycles. The van der Waals surface area contributed by atoms with E-state index in [0.717, 1.165) is 22.5 Å². The molecule has 7 rings (SSSR count). The van der Waals surface area contributed by atoms with E-state index in [0.29, 0.717) is 57.8 Å². The summed E-state index contributed by atoms with van der Waals surface area (Å²) in [5.41, 5.74) is 20.1. The molecule has 0 unspecified atom stereocenters. The van der Waals surface area contributed by atoms with Crippen LogP contribution in [0.5, 0.6) is 0 Å². The number of thioether (sulfide) groups is 1. The highest BCUT2D eigenvalue weighted by Gasteiger charge is 2.39. The predicted molar refractivity (Wildman–Crippen MR) is 441 cm³/mol. The standard InChI is InChI=1S/C80H110N20O17S/c1-6-8-22-55-72(110)92-56(26-17-30-85-80(83)84)73(111)94-59(34-49-37-87-53-24-14-12-21-51(49)53)77(115)99-67(43(3)4)78(116)98-62(69(82)107)41-118-42-65(104)88-38-63(102)91-57(32-45-27-28-46-18-9-10-19-47(46)31-45)76(114)100-68(44(5)7-2)79(117)97-61(40-101)70(108)89-39-64(103)90-54(25-15-16-29-81)71(109)96-60(35-66(105)106)75(113)95-58(74(112)93-55)33-48-36-86-52-23-13-11-20-50(48)52/h9-14,18-21,23-24,27-28,31,36-37,43-44,54-62,67-68,86-87,101H,6-8,15-17,22,25-26,29-30,32-35,38-42,81H2,1-5H3,(H2,82,107)(H,88,104)(H,89,108)(H,90,103)(H,91,102)(H,92,110)(H,93,112)(H,94,111)(H,95,113)(H,96,109)(H,97,117)(H,98,116)(H,99,115)(H,100,114)(H,105,106)(H4,83,84,85)/t44-,54+,55-,56-,57-,58-,59+,60-,61-,62-,67-,68-/m0/s1. The van der Waals surface area contributed by atoms with Crippen LogP contribution in [-0.4, -0.2) is 226 Å². The number of hydrogen-bond donors (Lipinski definition) is 22. The van der Waals surface area contributed by atoms with Crippen LogP contribution in [0.3, 0.4) is 0 Å². The fraction of sp³-hybridized carbons (Fsp3) is 0.475. The molecular formula is C80H110N20O17S. The van der Waals surface area contributed by atoms with Gasteiger partial charge < -0.3 is 112 Å². The molecule has 638 valence electrons. The summed E-state index contributed by atoms with van der Waals surface area (Å²) in [6, 6.07) is 9.52. The number of amides is 14. The Morgan fingerprint density at radius 1 is 0.508 bits per heavy atom. The number of carbonyl (C=O) groups excluding carboxylic acids is 14. The zero-order valence-corrected chi connectivity index (χ0v) is 67.4. The largest absolute Gasteiger partial charge is 0.481 e. The van der Waals surface area contributed by atoms with Gasteiger partial charge in [0.2, 0.25) is 82.7 Å². The van der Waals surface area contributed by atoms with E-state index in [-0.39, 0.29) is 76.6 Å². The van der Waals surface area contributed by atoms with Gasteiger partial charge in [0.25, 0.3) is 0 Å². The van der Waals surface area contributed by atoms with Crippen LogP contribution in [0.4, 0.5) is 0 Å². The maximum Gasteiger partial charge on any atom is 0.305 e. The second kappa shape index (κ2) is 46.5. The number of benzene rings is 4. The normalized spacial score (nSPS) is 22.8. The summed E-state index contributed by atoms with van der Waals surface area (Å²) in [6.07, 6.45) is 2.62. The minimum Gasteiger partial charge on any atom is -0.481 e. The molecule has 1 aliphatic rings. The number of carbonyl (C=O) groups is 15. The Morgan fingerprint density at radius 3 is 1.53 bits per heavy atom. The van der Waals surface area contributed by atoms with Crippen LogP contribution < -0.4 is 91.6 Å². The number of para-hydroxylation sites is 2. The number of aliphatic hydroxyl groups is 1. The number of aromatic amines is 2. The number of rotatable bonds is 24. The van der Waals surface area contributed by atoms with Crippen molar-refractivity contribution in [1.82, 2.24) is 84.4 Å². The highest BCUT2D eigenvalue weighted by Crippen LogP contribution is 2.24. The van der Waals surface area contributed by atoms with Gasteiger partial charge in [-0.15, -0.1) is 11.8 Å². The van der Waals surface area contributed by atoms with Crippen LogP contribution in [-0.2, 0) is 91.2 Å². The monoisotopic (exact) mass is 1650 g/mol. The number of carboxylic acid groups (broad SMARTS) is 1. The van der Waals surface area contributed by atoms with Crippen molar-refractivity contribution in [3.63, 3.8) is 0 Å². The smallest absolute Gasteiger partial charge is 0.305 e. The molecule has 6 aromatic rings. The molecule has 1 saturated heterocycles. The van der Waals surface area contributed by atoms with Crippen molar-refractivity contribution in [2.24, 2.45) is 29.0 Å². The molecule has 12 atom stereocenters. The minimum atomic E-state index is -1.97. The minimum absolute atomic E-state index is 0.0133. The van der Waals surface area contributed by atoms with Crippen LogP contribution in [0.2, 0.25) is 0 Å². The molecule has 0 aliphatic carbocycles. The van der Waals surface area contributed by atoms with Gasteiger partial charge in [-0.1, -0.05) is 133 Å². The molecule has 3 heterocycles. The molecule has 0 bridgehead atoms. The van der Waals surface area contributed by atoms with E-state index in [1.54, 1.807) is 107 Å². The fourth-order valence-corrected chi connectivity index (χ4v) is 14.1. The van der Waals surface area contributed by atoms with E-state index in [9.17, 15) is 63.0 Å². The summed E-state index contributed by atoms with van der Waals surface area (Å²) in [6.45, 7) is 5.87. The number of H-pyrrole nitrogens is 2. The quantitative estimate of drug-likeness (QED) is 0.0184. The second-order valence-electron chi connectivity index (χ2n) is 29.4. The predicted octanol–water partition coefficient (Wildman–Crippen LogP) is -1.62. The van der Waals surface area contributed by atoms with Gasteiger partial charge >= 0.3 is 5.97 Å². The summed E-state index contributed by atoms with van der Waals surface area (Å²) >= 11 is 0.846. The highest BCUT2D eigenvalue weighted by atomic mass is 32.2. The Bertz CT molecular complexity index is 4550. The van der Waals surface area contributed by atoms with Gasteiger partial charge in [0.05, 0.1) is 31.9 Å². The number of primary amides is 1. The lowest BCUT2D eigenvalue weighted by atomic mass is 9.96. The average molecular weight is 1660 g/mol. The van der Waals surface area contributed by atoms with Crippen LogP contribution in [0.15, 0.2) is 103 Å². The Labute approximate surface area is 685 Å². The number of hydrogen-bond acceptors (Lipinski definition) is 19. The van der Waals surface area contributed by atoms with E-state index in [2.05, 4.69) is 84.4 Å². The molecule has 0 spiro atoms. The SMILES string of the molecule is CCCC[C@@H]1NC(=O)[C@H](Cc2c[nH]c3ccccc23)NC(=O)[C@H](CC(=O)O)NC(=O)[C@@H](CCCCN)NC(=O)CNC(=O)[C@H](CO)NC(=O)[C@H]([C@@H](C)CC)NC(=O)[C@H](Cc2ccc3ccccc3c2)NC(=O)CNC(=O)CSC[C@@H](C(N)=O)NC(=O)[C@H](C(C)C)NC(=O)[C@@H](Cc2c[nH]c3ccccc23)NC(=O)[C@H](CCCNC(=N)N)NC1=O. The topological polar surface area (TPSA) is 598 Å². The Hall–Kier alpha value is -12.2. The first-order valence-electron chi connectivity index (χ1n) is 39.3. The number of carboxylic acids is 1. The number of unbranched alkanes of at least 4 members (excludes halogenated alkanes) is 2. The number of nitrogens with one attached hydrogen (secondary N) is 17. The molecule has 37 nitrogen and oxygen atoms in total. The van der Waals surface area contributed by atoms with Crippen molar-refractivity contribution in [3.05, 3.63) is 120 Å². The van der Waals surface area contributed by atoms with Crippen molar-refractivity contribution in [2.75, 3.05) is 44.3 Å². The molecule has 0 radical (unpaired) electrons. The van der Waals surface area contributed by atoms with Crippen LogP contribution in [0.1, 0.15) is 116 Å². The van der Waals surface area contributed by atoms with Gasteiger partial charge in [-0.25, -0.2) is 0 Å². The third-order valence-electron chi connectivity index (χ3n) is 20.0. The lowest BCUT2D eigenvalue weighted by molar-refractivity contribution is -0.141. The van der Waals surface area contributed by atoms with Gasteiger partial charge in [-0.3, -0.25) is 77.3 Å². The van der Waals surface area contributed by atoms with E-state index in [1.165, 1.54) is 0 Å². The molecule has 38 heteroatoms. The number of aliphatic hydroxyl groups excluding tert-OH is 1. The number of aromatic nitrogens is 2. The molecule has 25 N–H and O–H groups in total. The van der Waals surface area contributed by atoms with Gasteiger partial charge in [-0.05, 0) is 96.5 Å². The van der Waals surface area contributed by atoms with E-state index >= 15 is 19.2 Å². The molecular weight excluding hydrogens is 1550 g/mol. The average Bonchev–Trinajstić information content (AvgIpc) is 1.60.